The van der Waals surface area contributed by atoms with Crippen molar-refractivity contribution in [2.45, 2.75) is 180 Å². The van der Waals surface area contributed by atoms with Crippen LogP contribution in [0, 0.1) is 0 Å². The van der Waals surface area contributed by atoms with E-state index in [1.807, 2.05) is 0 Å². The van der Waals surface area contributed by atoms with E-state index in [0.29, 0.717) is 13.1 Å². The van der Waals surface area contributed by atoms with Crippen LogP contribution in [0.3, 0.4) is 0 Å². The molecule has 0 radical (unpaired) electrons. The number of unbranched alkanes of at least 4 members (excludes halogenated alkanes) is 20. The van der Waals surface area contributed by atoms with Gasteiger partial charge in [0.05, 0.1) is 43.9 Å². The third kappa shape index (κ3) is 51.4. The molecule has 0 aromatic heterocycles. The molecule has 0 spiro atoms. The van der Waals surface area contributed by atoms with Gasteiger partial charge in [-0.25, -0.2) is 16.8 Å². The van der Waals surface area contributed by atoms with Gasteiger partial charge in [0, 0.05) is 26.2 Å². The molecule has 0 rings (SSSR count). The van der Waals surface area contributed by atoms with Crippen molar-refractivity contribution in [3.05, 3.63) is 0 Å². The normalized spacial score (nSPS) is 13.1. The van der Waals surface area contributed by atoms with Gasteiger partial charge in [-0.1, -0.05) is 155 Å². The van der Waals surface area contributed by atoms with Crippen molar-refractivity contribution in [2.24, 2.45) is 0 Å². The summed E-state index contributed by atoms with van der Waals surface area (Å²) in [5, 5.41) is 25.1. The van der Waals surface area contributed by atoms with E-state index >= 15 is 0 Å². The van der Waals surface area contributed by atoms with Gasteiger partial charge >= 0.3 is 37.7 Å². The summed E-state index contributed by atoms with van der Waals surface area (Å²) in [6, 6.07) is 0. The number of aliphatic hydroxyl groups is 2. The minimum atomic E-state index is -4.16. The molecule has 0 amide bonds. The number of aliphatic hydroxyl groups excluding tert-OH is 2. The van der Waals surface area contributed by atoms with E-state index in [1.165, 1.54) is 116 Å². The predicted molar refractivity (Wildman–Crippen MR) is 195 cm³/mol. The largest absolute Gasteiger partial charge is 2.00 e. The molecule has 280 valence electrons. The van der Waals surface area contributed by atoms with Crippen molar-refractivity contribution in [3.8, 4) is 0 Å². The van der Waals surface area contributed by atoms with Crippen molar-refractivity contribution >= 4 is 58.0 Å². The van der Waals surface area contributed by atoms with Crippen LogP contribution in [-0.2, 0) is 20.2 Å². The van der Waals surface area contributed by atoms with E-state index in [1.54, 1.807) is 0 Å². The molecule has 0 heterocycles. The van der Waals surface area contributed by atoms with E-state index in [-0.39, 0.29) is 50.8 Å². The molecule has 2 atom stereocenters. The maximum atomic E-state index is 10.4. The smallest absolute Gasteiger partial charge is 0.748 e. The van der Waals surface area contributed by atoms with Gasteiger partial charge < -0.3 is 30.0 Å². The van der Waals surface area contributed by atoms with Crippen LogP contribution in [0.15, 0.2) is 0 Å². The van der Waals surface area contributed by atoms with Gasteiger partial charge in [0.2, 0.25) is 0 Å². The molecule has 13 heteroatoms. The summed E-state index contributed by atoms with van der Waals surface area (Å²) in [6.45, 7) is 5.41. The van der Waals surface area contributed by atoms with E-state index in [4.69, 9.17) is 0 Å². The Kier molecular flexibility index (Phi) is 42.4. The van der Waals surface area contributed by atoms with E-state index in [0.717, 1.165) is 38.5 Å². The zero-order valence-electron chi connectivity index (χ0n) is 30.2. The first-order chi connectivity index (χ1) is 21.9. The quantitative estimate of drug-likeness (QED) is 0.0348. The maximum Gasteiger partial charge on any atom is 2.00 e. The summed E-state index contributed by atoms with van der Waals surface area (Å²) >= 11 is 0. The Bertz CT molecular complexity index is 768. The van der Waals surface area contributed by atoms with E-state index in [9.17, 15) is 36.2 Å². The van der Waals surface area contributed by atoms with Gasteiger partial charge in [-0.2, -0.15) is 0 Å². The fourth-order valence-corrected chi connectivity index (χ4v) is 6.01. The SMILES string of the molecule is CCCCCCCCCCCCCC(O)CNCCS(=O)(=O)[O-].CCCCCCCCCCCCCC(O)CNCCS(=O)(=O)[O-].[Ca+2]. The summed E-state index contributed by atoms with van der Waals surface area (Å²) in [5.41, 5.74) is 0. The predicted octanol–water partition coefficient (Wildman–Crippen LogP) is 5.99. The van der Waals surface area contributed by atoms with Crippen LogP contribution in [0.2, 0.25) is 0 Å². The molecule has 0 aromatic carbocycles. The molecule has 0 bridgehead atoms. The van der Waals surface area contributed by atoms with Crippen LogP contribution in [0.5, 0.6) is 0 Å². The maximum absolute atomic E-state index is 10.4. The summed E-state index contributed by atoms with van der Waals surface area (Å²) in [7, 11) is -8.31. The molecule has 0 aromatic rings. The molecule has 4 N–H and O–H groups in total. The van der Waals surface area contributed by atoms with Crippen molar-refractivity contribution in [1.82, 2.24) is 10.6 Å². The third-order valence-electron chi connectivity index (χ3n) is 8.10. The molecule has 0 aliphatic rings. The fourth-order valence-electron chi connectivity index (χ4n) is 5.22. The number of hydrogen-bond acceptors (Lipinski definition) is 10. The molecule has 0 aliphatic heterocycles. The molecule has 47 heavy (non-hydrogen) atoms. The molecule has 0 saturated heterocycles. The summed E-state index contributed by atoms with van der Waals surface area (Å²) in [4.78, 5) is 0. The first-order valence-corrected chi connectivity index (χ1v) is 21.7. The Labute approximate surface area is 320 Å². The summed E-state index contributed by atoms with van der Waals surface area (Å²) in [5.74, 6) is -0.837. The summed E-state index contributed by atoms with van der Waals surface area (Å²) in [6.07, 6.45) is 28.8. The first-order valence-electron chi connectivity index (χ1n) is 18.6. The molecule has 10 nitrogen and oxygen atoms in total. The van der Waals surface area contributed by atoms with E-state index < -0.39 is 43.9 Å². The molecule has 2 unspecified atom stereocenters. The Hall–Kier alpha value is 0.920. The molecular weight excluding hydrogens is 669 g/mol. The number of hydrogen-bond donors (Lipinski definition) is 4. The number of nitrogens with one attached hydrogen (secondary N) is 2. The van der Waals surface area contributed by atoms with E-state index in [2.05, 4.69) is 24.5 Å². The molecule has 0 aliphatic carbocycles. The minimum Gasteiger partial charge on any atom is -0.748 e. The molecule has 0 fully saturated rings. The fraction of sp³-hybridized carbons (Fsp3) is 1.00. The Morgan fingerprint density at radius 3 is 0.936 bits per heavy atom. The summed E-state index contributed by atoms with van der Waals surface area (Å²) < 4.78 is 62.4. The monoisotopic (exact) mass is 740 g/mol. The van der Waals surface area contributed by atoms with Crippen molar-refractivity contribution in [2.75, 3.05) is 37.7 Å². The molecule has 0 saturated carbocycles. The van der Waals surface area contributed by atoms with Crippen LogP contribution >= 0.6 is 0 Å². The van der Waals surface area contributed by atoms with Gasteiger partial charge in [-0.3, -0.25) is 0 Å². The average Bonchev–Trinajstić information content (AvgIpc) is 2.98. The second-order valence-corrected chi connectivity index (χ2v) is 15.9. The number of rotatable bonds is 34. The van der Waals surface area contributed by atoms with Crippen LogP contribution < -0.4 is 10.6 Å². The van der Waals surface area contributed by atoms with Gasteiger partial charge in [-0.15, -0.1) is 0 Å². The first kappa shape index (κ1) is 52.3. The minimum absolute atomic E-state index is 0. The Morgan fingerprint density at radius 2 is 0.702 bits per heavy atom. The van der Waals surface area contributed by atoms with Crippen LogP contribution in [-0.4, -0.2) is 124 Å². The van der Waals surface area contributed by atoms with Crippen LogP contribution in [0.25, 0.3) is 0 Å². The standard InChI is InChI=1S/2C17H37NO4S.Ca/c2*1-2-3-4-5-6-7-8-9-10-11-12-13-17(19)16-18-14-15-23(20,21)22;/h2*17-19H,2-16H2,1H3,(H,20,21,22);/q;;+2/p-2. The Morgan fingerprint density at radius 1 is 0.468 bits per heavy atom. The molecular formula is C34H72CaN2O8S2. The zero-order chi connectivity index (χ0) is 34.8. The second-order valence-electron chi connectivity index (χ2n) is 12.9. The van der Waals surface area contributed by atoms with Crippen molar-refractivity contribution in [1.29, 1.82) is 0 Å². The Balaban J connectivity index is -0.000000807. The van der Waals surface area contributed by atoms with Crippen LogP contribution in [0.4, 0.5) is 0 Å². The van der Waals surface area contributed by atoms with Gasteiger partial charge in [0.1, 0.15) is 0 Å². The van der Waals surface area contributed by atoms with Gasteiger partial charge in [0.15, 0.2) is 0 Å². The zero-order valence-corrected chi connectivity index (χ0v) is 34.1. The third-order valence-corrected chi connectivity index (χ3v) is 9.51. The average molecular weight is 741 g/mol. The van der Waals surface area contributed by atoms with Crippen molar-refractivity contribution < 1.29 is 36.2 Å². The topological polar surface area (TPSA) is 179 Å². The second kappa shape index (κ2) is 38.2. The van der Waals surface area contributed by atoms with Crippen LogP contribution in [0.1, 0.15) is 168 Å². The van der Waals surface area contributed by atoms with Gasteiger partial charge in [-0.05, 0) is 12.8 Å². The van der Waals surface area contributed by atoms with Gasteiger partial charge in [0.25, 0.3) is 0 Å². The van der Waals surface area contributed by atoms with Crippen molar-refractivity contribution in [3.63, 3.8) is 0 Å².